The number of nitrogens with zero attached hydrogens (tertiary/aromatic N) is 3. The van der Waals surface area contributed by atoms with E-state index in [1.54, 1.807) is 15.9 Å². The molecule has 4 nitrogen and oxygen atoms in total. The minimum Gasteiger partial charge on any atom is -0.323 e. The Morgan fingerprint density at radius 2 is 1.91 bits per heavy atom. The lowest BCUT2D eigenvalue weighted by Crippen LogP contribution is -2.35. The van der Waals surface area contributed by atoms with Gasteiger partial charge in [-0.05, 0) is 74.3 Å². The zero-order chi connectivity index (χ0) is 23.6. The van der Waals surface area contributed by atoms with Crippen LogP contribution in [-0.4, -0.2) is 40.4 Å². The molecule has 0 bridgehead atoms. The number of carbonyl (C=O) groups excluding carboxylic acids is 1. The number of hydrogen-bond donors (Lipinski definition) is 0. The van der Waals surface area contributed by atoms with E-state index < -0.39 is 17.8 Å². The van der Waals surface area contributed by atoms with Crippen LogP contribution in [0.4, 0.5) is 18.0 Å². The van der Waals surface area contributed by atoms with Crippen LogP contribution in [0.2, 0.25) is 5.02 Å². The summed E-state index contributed by atoms with van der Waals surface area (Å²) in [6.07, 6.45) is 2.18. The van der Waals surface area contributed by atoms with Gasteiger partial charge in [0.05, 0.1) is 16.6 Å². The van der Waals surface area contributed by atoms with Crippen molar-refractivity contribution in [3.8, 4) is 0 Å². The van der Waals surface area contributed by atoms with Gasteiger partial charge in [0.25, 0.3) is 0 Å². The number of urea groups is 1. The van der Waals surface area contributed by atoms with E-state index in [0.717, 1.165) is 37.4 Å². The average molecular weight is 480 g/mol. The number of carbonyl (C=O) groups is 1. The molecule has 2 aliphatic rings. The van der Waals surface area contributed by atoms with Gasteiger partial charge in [-0.1, -0.05) is 30.7 Å². The molecule has 0 saturated carbocycles. The zero-order valence-electron chi connectivity index (χ0n) is 18.8. The first-order chi connectivity index (χ1) is 15.8. The minimum atomic E-state index is -4.53. The SMILES string of the molecule is CCC(c1ccc(Cl)c(C(F)(F)F)c1)N1CCN(CCCc2ccc3c(n2)CCCC3)C1=O. The van der Waals surface area contributed by atoms with Gasteiger partial charge in [0.2, 0.25) is 0 Å². The molecular weight excluding hydrogens is 451 g/mol. The Kier molecular flexibility index (Phi) is 7.17. The first-order valence-corrected chi connectivity index (χ1v) is 12.1. The van der Waals surface area contributed by atoms with Crippen LogP contribution in [0, 0.1) is 0 Å². The lowest BCUT2D eigenvalue weighted by Gasteiger charge is -2.28. The number of hydrogen-bond acceptors (Lipinski definition) is 2. The third kappa shape index (κ3) is 5.29. The molecule has 2 amide bonds. The monoisotopic (exact) mass is 479 g/mol. The predicted octanol–water partition coefficient (Wildman–Crippen LogP) is 6.45. The quantitative estimate of drug-likeness (QED) is 0.457. The van der Waals surface area contributed by atoms with Crippen molar-refractivity contribution >= 4 is 17.6 Å². The third-order valence-electron chi connectivity index (χ3n) is 6.67. The van der Waals surface area contributed by atoms with E-state index in [2.05, 4.69) is 12.1 Å². The topological polar surface area (TPSA) is 36.4 Å². The zero-order valence-corrected chi connectivity index (χ0v) is 19.6. The van der Waals surface area contributed by atoms with Crippen LogP contribution < -0.4 is 0 Å². The second kappa shape index (κ2) is 9.92. The van der Waals surface area contributed by atoms with Crippen molar-refractivity contribution < 1.29 is 18.0 Å². The van der Waals surface area contributed by atoms with E-state index in [1.807, 2.05) is 6.92 Å². The number of rotatable bonds is 7. The summed E-state index contributed by atoms with van der Waals surface area (Å²) in [6, 6.07) is 7.68. The molecule has 1 aromatic heterocycles. The van der Waals surface area contributed by atoms with Crippen molar-refractivity contribution in [2.45, 2.75) is 64.1 Å². The summed E-state index contributed by atoms with van der Waals surface area (Å²) in [6.45, 7) is 3.56. The molecule has 1 saturated heterocycles. The van der Waals surface area contributed by atoms with Crippen LogP contribution in [0.5, 0.6) is 0 Å². The molecule has 2 heterocycles. The van der Waals surface area contributed by atoms with Crippen molar-refractivity contribution in [3.05, 3.63) is 63.4 Å². The molecular formula is C25H29ClF3N3O. The predicted molar refractivity (Wildman–Crippen MR) is 122 cm³/mol. The number of benzene rings is 1. The van der Waals surface area contributed by atoms with Gasteiger partial charge in [0, 0.05) is 31.0 Å². The Balaban J connectivity index is 1.38. The Morgan fingerprint density at radius 3 is 2.67 bits per heavy atom. The third-order valence-corrected chi connectivity index (χ3v) is 7.00. The molecule has 33 heavy (non-hydrogen) atoms. The Bertz CT molecular complexity index is 1010. The number of pyridine rings is 1. The normalized spacial score (nSPS) is 17.4. The lowest BCUT2D eigenvalue weighted by molar-refractivity contribution is -0.137. The minimum absolute atomic E-state index is 0.122. The summed E-state index contributed by atoms with van der Waals surface area (Å²) in [4.78, 5) is 21.3. The number of alkyl halides is 3. The van der Waals surface area contributed by atoms with E-state index >= 15 is 0 Å². The molecule has 4 rings (SSSR count). The smallest absolute Gasteiger partial charge is 0.323 e. The summed E-state index contributed by atoms with van der Waals surface area (Å²) in [5.74, 6) is 0. The van der Waals surface area contributed by atoms with Crippen molar-refractivity contribution in [1.82, 2.24) is 14.8 Å². The highest BCUT2D eigenvalue weighted by atomic mass is 35.5. The molecule has 0 radical (unpaired) electrons. The fourth-order valence-electron chi connectivity index (χ4n) is 4.92. The van der Waals surface area contributed by atoms with Crippen molar-refractivity contribution in [1.29, 1.82) is 0 Å². The number of amides is 2. The maximum absolute atomic E-state index is 13.3. The first-order valence-electron chi connectivity index (χ1n) is 11.7. The van der Waals surface area contributed by atoms with Crippen molar-refractivity contribution in [2.24, 2.45) is 0 Å². The van der Waals surface area contributed by atoms with Crippen LogP contribution in [0.15, 0.2) is 30.3 Å². The molecule has 0 spiro atoms. The van der Waals surface area contributed by atoms with Crippen LogP contribution in [0.1, 0.15) is 66.7 Å². The van der Waals surface area contributed by atoms with Crippen LogP contribution in [0.3, 0.4) is 0 Å². The number of aryl methyl sites for hydroxylation is 3. The van der Waals surface area contributed by atoms with Crippen LogP contribution in [-0.2, 0) is 25.4 Å². The van der Waals surface area contributed by atoms with Crippen molar-refractivity contribution in [3.63, 3.8) is 0 Å². The maximum Gasteiger partial charge on any atom is 0.417 e. The maximum atomic E-state index is 13.3. The summed E-state index contributed by atoms with van der Waals surface area (Å²) in [5.41, 5.74) is 3.24. The van der Waals surface area contributed by atoms with Crippen LogP contribution >= 0.6 is 11.6 Å². The summed E-state index contributed by atoms with van der Waals surface area (Å²) >= 11 is 5.77. The molecule has 1 fully saturated rings. The Labute approximate surface area is 197 Å². The van der Waals surface area contributed by atoms with Gasteiger partial charge in [-0.3, -0.25) is 4.98 Å². The number of halogens is 4. The van der Waals surface area contributed by atoms with E-state index in [1.165, 1.54) is 30.2 Å². The molecule has 1 aliphatic heterocycles. The number of aromatic nitrogens is 1. The van der Waals surface area contributed by atoms with Gasteiger partial charge in [-0.25, -0.2) is 4.79 Å². The highest BCUT2D eigenvalue weighted by Gasteiger charge is 2.37. The summed E-state index contributed by atoms with van der Waals surface area (Å²) in [7, 11) is 0. The average Bonchev–Trinajstić information content (AvgIpc) is 3.14. The van der Waals surface area contributed by atoms with Gasteiger partial charge >= 0.3 is 12.2 Å². The van der Waals surface area contributed by atoms with Gasteiger partial charge in [0.15, 0.2) is 0 Å². The second-order valence-electron chi connectivity index (χ2n) is 8.84. The molecule has 178 valence electrons. The molecule has 1 aromatic carbocycles. The molecule has 1 atom stereocenters. The van der Waals surface area contributed by atoms with Crippen LogP contribution in [0.25, 0.3) is 0 Å². The van der Waals surface area contributed by atoms with E-state index in [9.17, 15) is 18.0 Å². The molecule has 2 aromatic rings. The second-order valence-corrected chi connectivity index (χ2v) is 9.25. The molecule has 8 heteroatoms. The van der Waals surface area contributed by atoms with E-state index in [0.29, 0.717) is 31.6 Å². The number of fused-ring (bicyclic) bond motifs is 1. The Hall–Kier alpha value is -2.28. The van der Waals surface area contributed by atoms with Gasteiger partial charge < -0.3 is 9.80 Å². The molecule has 1 aliphatic carbocycles. The molecule has 0 N–H and O–H groups in total. The van der Waals surface area contributed by atoms with Crippen molar-refractivity contribution in [2.75, 3.05) is 19.6 Å². The summed E-state index contributed by atoms with van der Waals surface area (Å²) in [5, 5.41) is -0.328. The van der Waals surface area contributed by atoms with Gasteiger partial charge in [-0.15, -0.1) is 0 Å². The van der Waals surface area contributed by atoms with Gasteiger partial charge in [0.1, 0.15) is 0 Å². The fraction of sp³-hybridized carbons (Fsp3) is 0.520. The highest BCUT2D eigenvalue weighted by molar-refractivity contribution is 6.31. The fourth-order valence-corrected chi connectivity index (χ4v) is 5.14. The first kappa shape index (κ1) is 23.9. The Morgan fingerprint density at radius 1 is 1.12 bits per heavy atom. The standard InChI is InChI=1S/C25H29ClF3N3O/c1-2-23(18-10-12-21(26)20(16-18)25(27,28)29)32-15-14-31(24(32)33)13-5-7-19-11-9-17-6-3-4-8-22(17)30-19/h9-12,16,23H,2-8,13-15H2,1H3. The lowest BCUT2D eigenvalue weighted by atomic mass is 9.95. The largest absolute Gasteiger partial charge is 0.417 e. The van der Waals surface area contributed by atoms with Gasteiger partial charge in [-0.2, -0.15) is 13.2 Å². The summed E-state index contributed by atoms with van der Waals surface area (Å²) < 4.78 is 39.9. The molecule has 1 unspecified atom stereocenters. The van der Waals surface area contributed by atoms with E-state index in [4.69, 9.17) is 16.6 Å². The van der Waals surface area contributed by atoms with E-state index in [-0.39, 0.29) is 11.1 Å². The highest BCUT2D eigenvalue weighted by Crippen LogP contribution is 2.38.